The molecule has 1 aliphatic carbocycles. The standard InChI is InChI=1S/C14H26O3/c1-3-17-13(15)12(2)14(16)10-8-6-4-5-7-9-11-14/h12,16H,3-11H2,1-2H3. The van der Waals surface area contributed by atoms with Gasteiger partial charge in [-0.25, -0.2) is 0 Å². The van der Waals surface area contributed by atoms with Gasteiger partial charge < -0.3 is 9.84 Å². The fraction of sp³-hybridized carbons (Fsp3) is 0.929. The zero-order valence-corrected chi connectivity index (χ0v) is 11.2. The summed E-state index contributed by atoms with van der Waals surface area (Å²) in [6, 6.07) is 0. The van der Waals surface area contributed by atoms with Crippen LogP contribution in [-0.2, 0) is 9.53 Å². The topological polar surface area (TPSA) is 46.5 Å². The summed E-state index contributed by atoms with van der Waals surface area (Å²) in [5.41, 5.74) is -0.851. The molecule has 0 aromatic heterocycles. The Bertz CT molecular complexity index is 228. The molecule has 3 nitrogen and oxygen atoms in total. The maximum absolute atomic E-state index is 11.7. The van der Waals surface area contributed by atoms with Crippen molar-refractivity contribution in [1.29, 1.82) is 0 Å². The highest BCUT2D eigenvalue weighted by Gasteiger charge is 2.38. The Balaban J connectivity index is 2.63. The predicted molar refractivity (Wildman–Crippen MR) is 67.7 cm³/mol. The van der Waals surface area contributed by atoms with E-state index in [9.17, 15) is 9.90 Å². The van der Waals surface area contributed by atoms with E-state index in [0.717, 1.165) is 38.5 Å². The molecule has 0 spiro atoms. The summed E-state index contributed by atoms with van der Waals surface area (Å²) in [7, 11) is 0. The summed E-state index contributed by atoms with van der Waals surface area (Å²) < 4.78 is 5.03. The van der Waals surface area contributed by atoms with Crippen molar-refractivity contribution < 1.29 is 14.6 Å². The van der Waals surface area contributed by atoms with Crippen LogP contribution < -0.4 is 0 Å². The first-order valence-corrected chi connectivity index (χ1v) is 6.99. The summed E-state index contributed by atoms with van der Waals surface area (Å²) in [5.74, 6) is -0.658. The lowest BCUT2D eigenvalue weighted by Crippen LogP contribution is -2.41. The maximum atomic E-state index is 11.7. The molecule has 0 saturated heterocycles. The van der Waals surface area contributed by atoms with Crippen molar-refractivity contribution in [3.05, 3.63) is 0 Å². The summed E-state index contributed by atoms with van der Waals surface area (Å²) in [4.78, 5) is 11.7. The summed E-state index contributed by atoms with van der Waals surface area (Å²) >= 11 is 0. The van der Waals surface area contributed by atoms with Crippen molar-refractivity contribution >= 4 is 5.97 Å². The minimum Gasteiger partial charge on any atom is -0.466 e. The number of carbonyl (C=O) groups excluding carboxylic acids is 1. The maximum Gasteiger partial charge on any atom is 0.311 e. The molecule has 0 bridgehead atoms. The van der Waals surface area contributed by atoms with Crippen LogP contribution in [0.15, 0.2) is 0 Å². The van der Waals surface area contributed by atoms with Crippen LogP contribution in [0.3, 0.4) is 0 Å². The molecule has 1 rings (SSSR count). The van der Waals surface area contributed by atoms with Gasteiger partial charge in [-0.3, -0.25) is 4.79 Å². The molecule has 0 radical (unpaired) electrons. The molecule has 0 amide bonds. The highest BCUT2D eigenvalue weighted by atomic mass is 16.5. The Labute approximate surface area is 105 Å². The Kier molecular flexibility index (Phi) is 5.96. The van der Waals surface area contributed by atoms with E-state index in [4.69, 9.17) is 4.74 Å². The van der Waals surface area contributed by atoms with Gasteiger partial charge >= 0.3 is 5.97 Å². The summed E-state index contributed by atoms with van der Waals surface area (Å²) in [6.45, 7) is 3.99. The Morgan fingerprint density at radius 1 is 1.18 bits per heavy atom. The van der Waals surface area contributed by atoms with Gasteiger partial charge in [0.05, 0.1) is 18.1 Å². The van der Waals surface area contributed by atoms with Gasteiger partial charge in [-0.1, -0.05) is 38.5 Å². The quantitative estimate of drug-likeness (QED) is 0.774. The summed E-state index contributed by atoms with van der Waals surface area (Å²) in [6.07, 6.45) is 8.32. The number of carbonyl (C=O) groups is 1. The Morgan fingerprint density at radius 3 is 2.12 bits per heavy atom. The molecule has 1 atom stereocenters. The molecule has 0 heterocycles. The Hall–Kier alpha value is -0.570. The monoisotopic (exact) mass is 242 g/mol. The average molecular weight is 242 g/mol. The van der Waals surface area contributed by atoms with Crippen LogP contribution in [0.4, 0.5) is 0 Å². The molecule has 100 valence electrons. The van der Waals surface area contributed by atoms with Crippen molar-refractivity contribution in [1.82, 2.24) is 0 Å². The van der Waals surface area contributed by atoms with Crippen LogP contribution in [0, 0.1) is 5.92 Å². The van der Waals surface area contributed by atoms with Crippen molar-refractivity contribution in [3.63, 3.8) is 0 Å². The van der Waals surface area contributed by atoms with E-state index in [-0.39, 0.29) is 5.97 Å². The third-order valence-electron chi connectivity index (χ3n) is 3.92. The number of aliphatic hydroxyl groups is 1. The van der Waals surface area contributed by atoms with Crippen LogP contribution in [-0.4, -0.2) is 23.3 Å². The minimum absolute atomic E-state index is 0.255. The van der Waals surface area contributed by atoms with Gasteiger partial charge in [0.1, 0.15) is 0 Å². The molecule has 0 aromatic carbocycles. The minimum atomic E-state index is -0.851. The SMILES string of the molecule is CCOC(=O)C(C)C1(O)CCCCCCCC1. The molecule has 1 unspecified atom stereocenters. The van der Waals surface area contributed by atoms with Crippen LogP contribution in [0.1, 0.15) is 65.2 Å². The highest BCUT2D eigenvalue weighted by Crippen LogP contribution is 2.32. The van der Waals surface area contributed by atoms with Crippen LogP contribution in [0.5, 0.6) is 0 Å². The molecule has 1 fully saturated rings. The summed E-state index contributed by atoms with van der Waals surface area (Å²) in [5, 5.41) is 10.7. The van der Waals surface area contributed by atoms with Gasteiger partial charge in [0, 0.05) is 0 Å². The van der Waals surface area contributed by atoms with Crippen molar-refractivity contribution in [3.8, 4) is 0 Å². The first kappa shape index (κ1) is 14.5. The van der Waals surface area contributed by atoms with Crippen molar-refractivity contribution in [2.75, 3.05) is 6.61 Å². The average Bonchev–Trinajstić information content (AvgIpc) is 2.41. The normalized spacial score (nSPS) is 23.0. The van der Waals surface area contributed by atoms with Crippen molar-refractivity contribution in [2.24, 2.45) is 5.92 Å². The first-order chi connectivity index (χ1) is 8.10. The van der Waals surface area contributed by atoms with Gasteiger partial charge in [0.15, 0.2) is 0 Å². The lowest BCUT2D eigenvalue weighted by molar-refractivity contribution is -0.158. The smallest absolute Gasteiger partial charge is 0.311 e. The highest BCUT2D eigenvalue weighted by molar-refractivity contribution is 5.73. The van der Waals surface area contributed by atoms with E-state index in [1.54, 1.807) is 13.8 Å². The number of rotatable bonds is 3. The van der Waals surface area contributed by atoms with Crippen LogP contribution in [0.2, 0.25) is 0 Å². The van der Waals surface area contributed by atoms with E-state index in [1.165, 1.54) is 12.8 Å². The molecular weight excluding hydrogens is 216 g/mol. The molecule has 0 aliphatic heterocycles. The van der Waals surface area contributed by atoms with E-state index < -0.39 is 11.5 Å². The van der Waals surface area contributed by atoms with Gasteiger partial charge in [-0.15, -0.1) is 0 Å². The third kappa shape index (κ3) is 4.30. The molecular formula is C14H26O3. The number of hydrogen-bond donors (Lipinski definition) is 1. The molecule has 1 aliphatic rings. The van der Waals surface area contributed by atoms with Gasteiger partial charge in [-0.2, -0.15) is 0 Å². The molecule has 17 heavy (non-hydrogen) atoms. The second-order valence-corrected chi connectivity index (χ2v) is 5.20. The fourth-order valence-corrected chi connectivity index (χ4v) is 2.61. The second-order valence-electron chi connectivity index (χ2n) is 5.20. The number of hydrogen-bond acceptors (Lipinski definition) is 3. The van der Waals surface area contributed by atoms with Crippen LogP contribution in [0.25, 0.3) is 0 Å². The van der Waals surface area contributed by atoms with E-state index >= 15 is 0 Å². The van der Waals surface area contributed by atoms with Crippen molar-refractivity contribution in [2.45, 2.75) is 70.8 Å². The van der Waals surface area contributed by atoms with E-state index in [1.807, 2.05) is 0 Å². The first-order valence-electron chi connectivity index (χ1n) is 6.99. The lowest BCUT2D eigenvalue weighted by Gasteiger charge is -2.32. The second kappa shape index (κ2) is 7.00. The molecule has 1 N–H and O–H groups in total. The zero-order chi connectivity index (χ0) is 12.7. The largest absolute Gasteiger partial charge is 0.466 e. The molecule has 1 saturated carbocycles. The number of ether oxygens (including phenoxy) is 1. The Morgan fingerprint density at radius 2 is 1.65 bits per heavy atom. The van der Waals surface area contributed by atoms with E-state index in [2.05, 4.69) is 0 Å². The fourth-order valence-electron chi connectivity index (χ4n) is 2.61. The van der Waals surface area contributed by atoms with Gasteiger partial charge in [-0.05, 0) is 26.7 Å². The number of esters is 1. The van der Waals surface area contributed by atoms with E-state index in [0.29, 0.717) is 6.61 Å². The lowest BCUT2D eigenvalue weighted by atomic mass is 9.80. The zero-order valence-electron chi connectivity index (χ0n) is 11.2. The molecule has 3 heteroatoms. The predicted octanol–water partition coefficient (Wildman–Crippen LogP) is 3.05. The molecule has 0 aromatic rings. The van der Waals surface area contributed by atoms with Gasteiger partial charge in [0.2, 0.25) is 0 Å². The third-order valence-corrected chi connectivity index (χ3v) is 3.92. The van der Waals surface area contributed by atoms with Gasteiger partial charge in [0.25, 0.3) is 0 Å². The van der Waals surface area contributed by atoms with Crippen LogP contribution >= 0.6 is 0 Å².